The Morgan fingerprint density at radius 3 is 2.65 bits per heavy atom. The van der Waals surface area contributed by atoms with Crippen LogP contribution in [-0.2, 0) is 9.53 Å². The number of methoxy groups -OCH3 is 1. The fourth-order valence-corrected chi connectivity index (χ4v) is 2.50. The molecule has 1 fully saturated rings. The van der Waals surface area contributed by atoms with E-state index in [4.69, 9.17) is 0 Å². The summed E-state index contributed by atoms with van der Waals surface area (Å²) in [6, 6.07) is 0.330. The van der Waals surface area contributed by atoms with Gasteiger partial charge in [-0.05, 0) is 18.3 Å². The van der Waals surface area contributed by atoms with Crippen LogP contribution in [0.25, 0.3) is 0 Å². The quantitative estimate of drug-likeness (QED) is 0.762. The summed E-state index contributed by atoms with van der Waals surface area (Å²) in [5.41, 5.74) is 0.123. The first-order valence-corrected chi connectivity index (χ1v) is 6.33. The number of piperidine rings is 1. The Kier molecular flexibility index (Phi) is 4.95. The predicted molar refractivity (Wildman–Crippen MR) is 66.7 cm³/mol. The van der Waals surface area contributed by atoms with E-state index in [1.807, 2.05) is 0 Å². The number of esters is 1. The molecule has 0 bridgehead atoms. The zero-order valence-corrected chi connectivity index (χ0v) is 11.4. The Bertz CT molecular complexity index is 260. The largest absolute Gasteiger partial charge is 0.469 e. The highest BCUT2D eigenvalue weighted by Crippen LogP contribution is 2.32. The molecule has 0 aromatic heterocycles. The van der Waals surface area contributed by atoms with Crippen molar-refractivity contribution in [2.45, 2.75) is 52.2 Å². The minimum Gasteiger partial charge on any atom is -0.469 e. The van der Waals surface area contributed by atoms with Gasteiger partial charge in [0.25, 0.3) is 0 Å². The van der Waals surface area contributed by atoms with Crippen LogP contribution in [0.3, 0.4) is 0 Å². The van der Waals surface area contributed by atoms with Crippen LogP contribution in [-0.4, -0.2) is 48.3 Å². The van der Waals surface area contributed by atoms with Gasteiger partial charge in [-0.15, -0.1) is 0 Å². The molecule has 0 aliphatic carbocycles. The molecule has 4 nitrogen and oxygen atoms in total. The van der Waals surface area contributed by atoms with E-state index >= 15 is 0 Å². The molecule has 1 aliphatic rings. The summed E-state index contributed by atoms with van der Waals surface area (Å²) in [4.78, 5) is 13.5. The molecular formula is C13H25NO3. The van der Waals surface area contributed by atoms with Crippen molar-refractivity contribution in [3.8, 4) is 0 Å². The van der Waals surface area contributed by atoms with E-state index in [-0.39, 0.29) is 17.5 Å². The third kappa shape index (κ3) is 4.28. The zero-order valence-electron chi connectivity index (χ0n) is 11.4. The van der Waals surface area contributed by atoms with Gasteiger partial charge >= 0.3 is 5.97 Å². The first-order chi connectivity index (χ1) is 7.84. The highest BCUT2D eigenvalue weighted by atomic mass is 16.5. The molecule has 17 heavy (non-hydrogen) atoms. The van der Waals surface area contributed by atoms with E-state index in [0.29, 0.717) is 12.5 Å². The molecule has 1 N–H and O–H groups in total. The van der Waals surface area contributed by atoms with Crippen LogP contribution >= 0.6 is 0 Å². The maximum Gasteiger partial charge on any atom is 0.306 e. The van der Waals surface area contributed by atoms with E-state index in [1.165, 1.54) is 7.11 Å². The molecule has 4 heteroatoms. The van der Waals surface area contributed by atoms with Crippen LogP contribution in [0.1, 0.15) is 40.0 Å². The van der Waals surface area contributed by atoms with Crippen LogP contribution in [0.5, 0.6) is 0 Å². The van der Waals surface area contributed by atoms with Crippen LogP contribution in [0.2, 0.25) is 0 Å². The summed E-state index contributed by atoms with van der Waals surface area (Å²) in [5, 5.41) is 9.77. The number of hydrogen-bond donors (Lipinski definition) is 1. The second-order valence-corrected chi connectivity index (χ2v) is 5.92. The van der Waals surface area contributed by atoms with Crippen molar-refractivity contribution < 1.29 is 14.6 Å². The summed E-state index contributed by atoms with van der Waals surface area (Å²) >= 11 is 0. The number of carbonyl (C=O) groups excluding carboxylic acids is 1. The van der Waals surface area contributed by atoms with Gasteiger partial charge in [-0.25, -0.2) is 0 Å². The molecular weight excluding hydrogens is 218 g/mol. The molecule has 100 valence electrons. The van der Waals surface area contributed by atoms with Crippen molar-refractivity contribution in [2.24, 2.45) is 5.41 Å². The summed E-state index contributed by atoms with van der Waals surface area (Å²) in [6.07, 6.45) is 1.83. The lowest BCUT2D eigenvalue weighted by Crippen LogP contribution is -2.51. The molecule has 1 rings (SSSR count). The van der Waals surface area contributed by atoms with Crippen LogP contribution in [0.4, 0.5) is 0 Å². The van der Waals surface area contributed by atoms with E-state index in [0.717, 1.165) is 25.9 Å². The summed E-state index contributed by atoms with van der Waals surface area (Å²) in [6.45, 7) is 8.13. The fourth-order valence-electron chi connectivity index (χ4n) is 2.50. The molecule has 1 heterocycles. The summed E-state index contributed by atoms with van der Waals surface area (Å²) < 4.78 is 4.67. The van der Waals surface area contributed by atoms with Crippen LogP contribution in [0, 0.1) is 5.41 Å². The van der Waals surface area contributed by atoms with Gasteiger partial charge < -0.3 is 9.84 Å². The number of aliphatic hydroxyl groups is 1. The monoisotopic (exact) mass is 243 g/mol. The average molecular weight is 243 g/mol. The first kappa shape index (κ1) is 14.5. The van der Waals surface area contributed by atoms with Crippen LogP contribution < -0.4 is 0 Å². The molecule has 0 saturated carbocycles. The first-order valence-electron chi connectivity index (χ1n) is 6.33. The second-order valence-electron chi connectivity index (χ2n) is 5.92. The standard InChI is InChI=1S/C13H25NO3/c1-13(2,3)11-9-10(15)5-7-14(11)8-6-12(16)17-4/h10-11,15H,5-9H2,1-4H3. The predicted octanol–water partition coefficient (Wildman–Crippen LogP) is 1.42. The molecule has 0 spiro atoms. The van der Waals surface area contributed by atoms with Crippen molar-refractivity contribution in [3.63, 3.8) is 0 Å². The fraction of sp³-hybridized carbons (Fsp3) is 0.923. The second kappa shape index (κ2) is 5.83. The lowest BCUT2D eigenvalue weighted by Gasteiger charge is -2.44. The van der Waals surface area contributed by atoms with E-state index in [1.54, 1.807) is 0 Å². The van der Waals surface area contributed by atoms with Gasteiger partial charge in [0.1, 0.15) is 0 Å². The number of likely N-dealkylation sites (tertiary alicyclic amines) is 1. The molecule has 1 aliphatic heterocycles. The van der Waals surface area contributed by atoms with E-state index in [2.05, 4.69) is 30.4 Å². The van der Waals surface area contributed by atoms with Crippen molar-refractivity contribution in [2.75, 3.05) is 20.2 Å². The van der Waals surface area contributed by atoms with Gasteiger partial charge in [0.2, 0.25) is 0 Å². The molecule has 0 amide bonds. The van der Waals surface area contributed by atoms with Crippen molar-refractivity contribution in [1.82, 2.24) is 4.90 Å². The Balaban J connectivity index is 2.58. The molecule has 2 atom stereocenters. The number of nitrogens with zero attached hydrogens (tertiary/aromatic N) is 1. The molecule has 0 aromatic carbocycles. The maximum atomic E-state index is 11.2. The number of rotatable bonds is 3. The van der Waals surface area contributed by atoms with Gasteiger partial charge in [-0.3, -0.25) is 9.69 Å². The minimum absolute atomic E-state index is 0.123. The Labute approximate surface area is 104 Å². The van der Waals surface area contributed by atoms with E-state index in [9.17, 15) is 9.90 Å². The van der Waals surface area contributed by atoms with Gasteiger partial charge in [0.05, 0.1) is 19.6 Å². The summed E-state index contributed by atoms with van der Waals surface area (Å²) in [5.74, 6) is -0.163. The zero-order chi connectivity index (χ0) is 13.1. The van der Waals surface area contributed by atoms with Crippen LogP contribution in [0.15, 0.2) is 0 Å². The molecule has 1 saturated heterocycles. The normalized spacial score (nSPS) is 26.9. The highest BCUT2D eigenvalue weighted by molar-refractivity contribution is 5.69. The number of aliphatic hydroxyl groups excluding tert-OH is 1. The van der Waals surface area contributed by atoms with Gasteiger partial charge in [-0.2, -0.15) is 0 Å². The molecule has 2 unspecified atom stereocenters. The number of hydrogen-bond acceptors (Lipinski definition) is 4. The van der Waals surface area contributed by atoms with Crippen molar-refractivity contribution in [1.29, 1.82) is 0 Å². The topological polar surface area (TPSA) is 49.8 Å². The van der Waals surface area contributed by atoms with Gasteiger partial charge in [0, 0.05) is 19.1 Å². The summed E-state index contributed by atoms with van der Waals surface area (Å²) in [7, 11) is 1.42. The minimum atomic E-state index is -0.200. The van der Waals surface area contributed by atoms with Crippen molar-refractivity contribution >= 4 is 5.97 Å². The Morgan fingerprint density at radius 1 is 1.47 bits per heavy atom. The Morgan fingerprint density at radius 2 is 2.12 bits per heavy atom. The lowest BCUT2D eigenvalue weighted by atomic mass is 9.79. The Hall–Kier alpha value is -0.610. The molecule has 0 radical (unpaired) electrons. The number of carbonyl (C=O) groups is 1. The van der Waals surface area contributed by atoms with Crippen molar-refractivity contribution in [3.05, 3.63) is 0 Å². The number of ether oxygens (including phenoxy) is 1. The lowest BCUT2D eigenvalue weighted by molar-refractivity contribution is -0.141. The highest BCUT2D eigenvalue weighted by Gasteiger charge is 2.35. The smallest absolute Gasteiger partial charge is 0.306 e. The van der Waals surface area contributed by atoms with Gasteiger partial charge in [-0.1, -0.05) is 20.8 Å². The molecule has 0 aromatic rings. The third-order valence-electron chi connectivity index (χ3n) is 3.52. The van der Waals surface area contributed by atoms with Gasteiger partial charge in [0.15, 0.2) is 0 Å². The third-order valence-corrected chi connectivity index (χ3v) is 3.52. The average Bonchev–Trinajstić information content (AvgIpc) is 2.25. The van der Waals surface area contributed by atoms with E-state index < -0.39 is 0 Å². The SMILES string of the molecule is COC(=O)CCN1CCC(O)CC1C(C)(C)C. The maximum absolute atomic E-state index is 11.2.